The molecule has 0 aromatic carbocycles. The van der Waals surface area contributed by atoms with Crippen molar-refractivity contribution in [3.63, 3.8) is 0 Å². The molecule has 61 heavy (non-hydrogen) atoms. The maximum Gasteiger partial charge on any atom is 0.141 e. The van der Waals surface area contributed by atoms with Crippen molar-refractivity contribution in [1.29, 1.82) is 0 Å². The van der Waals surface area contributed by atoms with Crippen LogP contribution in [0.4, 0.5) is 0 Å². The van der Waals surface area contributed by atoms with Crippen LogP contribution in [0.3, 0.4) is 0 Å². The van der Waals surface area contributed by atoms with Crippen LogP contribution in [-0.4, -0.2) is 43.5 Å². The summed E-state index contributed by atoms with van der Waals surface area (Å²) in [6.07, 6.45) is 54.4. The predicted molar refractivity (Wildman–Crippen MR) is 280 cm³/mol. The number of unbranched alkanes of at least 4 members (excludes halogenated alkanes) is 39. The third kappa shape index (κ3) is 79.0. The third-order valence-electron chi connectivity index (χ3n) is 11.3. The molecule has 3 unspecified atom stereocenters. The van der Waals surface area contributed by atoms with E-state index in [9.17, 15) is 12.6 Å². The molecule has 0 saturated carbocycles. The van der Waals surface area contributed by atoms with Gasteiger partial charge in [-0.25, -0.2) is 12.6 Å². The third-order valence-corrected chi connectivity index (χ3v) is 15.2. The fourth-order valence-corrected chi connectivity index (χ4v) is 10.2. The molecule has 0 aromatic rings. The number of hydrogen-bond donors (Lipinski definition) is 3. The topological polar surface area (TPSA) is 112 Å². The molecule has 13 heteroatoms. The van der Waals surface area contributed by atoms with E-state index in [-0.39, 0.29) is 17.1 Å². The van der Waals surface area contributed by atoms with Crippen molar-refractivity contribution in [3.8, 4) is 0 Å². The zero-order valence-corrected chi connectivity index (χ0v) is 46.2. The summed E-state index contributed by atoms with van der Waals surface area (Å²) in [5.41, 5.74) is 0. The van der Waals surface area contributed by atoms with E-state index in [4.69, 9.17) is 13.7 Å². The molecule has 0 heterocycles. The fourth-order valence-electron chi connectivity index (χ4n) is 7.44. The van der Waals surface area contributed by atoms with Crippen LogP contribution in [0.1, 0.15) is 290 Å². The first-order chi connectivity index (χ1) is 28.7. The summed E-state index contributed by atoms with van der Waals surface area (Å²) in [6.45, 7) is 6.79. The van der Waals surface area contributed by atoms with E-state index in [1.165, 1.54) is 231 Å². The fraction of sp³-hybridized carbons (Fsp3) is 1.00. The Morgan fingerprint density at radius 1 is 0.246 bits per heavy atom. The van der Waals surface area contributed by atoms with Gasteiger partial charge in [0, 0.05) is 67.9 Å². The number of hydrogen-bond acceptors (Lipinski definition) is 6. The van der Waals surface area contributed by atoms with Gasteiger partial charge in [-0.1, -0.05) is 271 Å². The van der Waals surface area contributed by atoms with Crippen LogP contribution in [0.25, 0.3) is 0 Å². The molecule has 0 bridgehead atoms. The predicted octanol–water partition coefficient (Wildman–Crippen LogP) is 17.1. The standard InChI is InChI=1S/3C16H34O2S2.Fe/c3*1-2-3-4-5-6-7-8-9-10-11-12-13-14-15-16-20(17,18)19;/h3*2-16H2,1H3,(H,17,18,19);. The van der Waals surface area contributed by atoms with Crippen molar-refractivity contribution in [3.05, 3.63) is 0 Å². The average Bonchev–Trinajstić information content (AvgIpc) is 3.17. The normalized spacial score (nSPS) is 14.1. The van der Waals surface area contributed by atoms with Crippen LogP contribution >= 0.6 is 0 Å². The Hall–Kier alpha value is 1.51. The van der Waals surface area contributed by atoms with E-state index in [1.807, 2.05) is 0 Å². The second-order valence-corrected chi connectivity index (χ2v) is 27.1. The van der Waals surface area contributed by atoms with Gasteiger partial charge in [0.1, 0.15) is 26.3 Å². The quantitative estimate of drug-likeness (QED) is 0.0406. The zero-order chi connectivity index (χ0) is 45.3. The summed E-state index contributed by atoms with van der Waals surface area (Å²) in [5.74, 6) is 0.876. The van der Waals surface area contributed by atoms with E-state index < -0.39 is 26.3 Å². The van der Waals surface area contributed by atoms with E-state index >= 15 is 0 Å². The number of rotatable bonds is 45. The molecule has 6 nitrogen and oxygen atoms in total. The Morgan fingerprint density at radius 3 is 0.443 bits per heavy atom. The van der Waals surface area contributed by atoms with Crippen molar-refractivity contribution in [2.24, 2.45) is 0 Å². The molecular weight excluding hydrogens is 921 g/mol. The summed E-state index contributed by atoms with van der Waals surface area (Å²) < 4.78 is 59.5. The van der Waals surface area contributed by atoms with Gasteiger partial charge in [0.05, 0.1) is 0 Å². The Kier molecular flexibility index (Phi) is 61.3. The summed E-state index contributed by atoms with van der Waals surface area (Å²) in [4.78, 5) is 0. The van der Waals surface area contributed by atoms with Crippen LogP contribution in [-0.2, 0) is 77.0 Å². The van der Waals surface area contributed by atoms with Gasteiger partial charge in [-0.2, -0.15) is 0 Å². The van der Waals surface area contributed by atoms with Crippen molar-refractivity contribution in [1.82, 2.24) is 0 Å². The maximum atomic E-state index is 10.9. The van der Waals surface area contributed by atoms with Gasteiger partial charge in [-0.15, -0.1) is 0 Å². The first-order valence-electron chi connectivity index (χ1n) is 25.5. The molecule has 0 aliphatic carbocycles. The van der Waals surface area contributed by atoms with E-state index in [1.54, 1.807) is 0 Å². The van der Waals surface area contributed by atoms with Crippen molar-refractivity contribution in [2.75, 3.05) is 17.3 Å². The van der Waals surface area contributed by atoms with E-state index in [0.29, 0.717) is 17.3 Å². The van der Waals surface area contributed by atoms with Gasteiger partial charge in [0.15, 0.2) is 0 Å². The molecular formula is C48H102FeO6S6. The van der Waals surface area contributed by atoms with E-state index in [0.717, 1.165) is 38.5 Å². The Morgan fingerprint density at radius 2 is 0.344 bits per heavy atom. The summed E-state index contributed by atoms with van der Waals surface area (Å²) in [7, 11) is -8.72. The Bertz CT molecular complexity index is 1010. The molecule has 0 aliphatic heterocycles. The summed E-state index contributed by atoms with van der Waals surface area (Å²) in [5, 5.41) is 0. The van der Waals surface area contributed by atoms with Crippen LogP contribution in [0.5, 0.6) is 0 Å². The first-order valence-corrected chi connectivity index (χ1v) is 33.4. The molecule has 0 fully saturated rings. The van der Waals surface area contributed by atoms with Gasteiger partial charge >= 0.3 is 0 Å². The van der Waals surface area contributed by atoms with Crippen molar-refractivity contribution < 1.29 is 43.4 Å². The minimum atomic E-state index is -2.91. The second kappa shape index (κ2) is 54.1. The first kappa shape index (κ1) is 69.1. The van der Waals surface area contributed by atoms with Gasteiger partial charge in [0.25, 0.3) is 0 Å². The Balaban J connectivity index is -0.000000396. The molecule has 3 N–H and O–H groups in total. The summed E-state index contributed by atoms with van der Waals surface area (Å²) in [6, 6.07) is 0. The molecule has 0 radical (unpaired) electrons. The molecule has 0 saturated heterocycles. The smallest absolute Gasteiger partial charge is 0.141 e. The van der Waals surface area contributed by atoms with E-state index in [2.05, 4.69) is 54.3 Å². The maximum absolute atomic E-state index is 10.9. The minimum Gasteiger partial charge on any atom is -0.306 e. The molecule has 0 rings (SSSR count). The average molecular weight is 1020 g/mol. The van der Waals surface area contributed by atoms with Gasteiger partial charge < -0.3 is 13.7 Å². The molecule has 3 atom stereocenters. The molecule has 0 amide bonds. The van der Waals surface area contributed by atoms with Crippen LogP contribution in [0, 0.1) is 0 Å². The monoisotopic (exact) mass is 1020 g/mol. The molecule has 0 aromatic heterocycles. The second-order valence-electron chi connectivity index (χ2n) is 17.6. The Labute approximate surface area is 407 Å². The van der Waals surface area contributed by atoms with Gasteiger partial charge in [0.2, 0.25) is 0 Å². The zero-order valence-electron chi connectivity index (χ0n) is 40.2. The van der Waals surface area contributed by atoms with Crippen molar-refractivity contribution in [2.45, 2.75) is 290 Å². The van der Waals surface area contributed by atoms with Crippen LogP contribution in [0.15, 0.2) is 0 Å². The largest absolute Gasteiger partial charge is 0.306 e. The van der Waals surface area contributed by atoms with Gasteiger partial charge in [-0.3, -0.25) is 0 Å². The minimum absolute atomic E-state index is 0. The van der Waals surface area contributed by atoms with Crippen LogP contribution < -0.4 is 0 Å². The van der Waals surface area contributed by atoms with Gasteiger partial charge in [-0.05, 0) is 19.3 Å². The molecule has 374 valence electrons. The molecule has 0 spiro atoms. The summed E-state index contributed by atoms with van der Waals surface area (Å²) >= 11 is 13.4. The molecule has 0 aliphatic rings. The van der Waals surface area contributed by atoms with Crippen molar-refractivity contribution >= 4 is 59.9 Å². The van der Waals surface area contributed by atoms with Crippen LogP contribution in [0.2, 0.25) is 0 Å². The SMILES string of the molecule is CCCCCCCCCCCCCCCCS(=O)(O)=S.CCCCCCCCCCCCCCCCS(=O)(O)=S.CCCCCCCCCCCCCCCCS(=O)(O)=S.[Fe].